The zero-order valence-corrected chi connectivity index (χ0v) is 21.7. The lowest BCUT2D eigenvalue weighted by Crippen LogP contribution is -2.44. The maximum atomic E-state index is 12.1. The maximum Gasteiger partial charge on any atom is 0.407 e. The average molecular weight is 535 g/mol. The van der Waals surface area contributed by atoms with Crippen LogP contribution in [-0.2, 0) is 42.9 Å². The number of unbranched alkanes of at least 4 members (excludes halogenated alkanes) is 2. The minimum absolute atomic E-state index is 0.0428. The van der Waals surface area contributed by atoms with Gasteiger partial charge in [-0.15, -0.1) is 0 Å². The second-order valence-corrected chi connectivity index (χ2v) is 7.63. The van der Waals surface area contributed by atoms with Crippen LogP contribution in [0.1, 0.15) is 38.5 Å². The van der Waals surface area contributed by atoms with E-state index < -0.39 is 48.7 Å². The molecule has 0 aromatic carbocycles. The van der Waals surface area contributed by atoms with Crippen molar-refractivity contribution in [3.05, 3.63) is 0 Å². The van der Waals surface area contributed by atoms with Gasteiger partial charge in [-0.25, -0.2) is 19.2 Å². The molecule has 0 aliphatic heterocycles. The molecular formula is C22H38N4O11. The van der Waals surface area contributed by atoms with Crippen LogP contribution < -0.4 is 21.3 Å². The molecule has 212 valence electrons. The number of nitrogens with one attached hydrogen (secondary N) is 4. The molecule has 0 aliphatic rings. The van der Waals surface area contributed by atoms with Gasteiger partial charge in [0.25, 0.3) is 5.91 Å². The van der Waals surface area contributed by atoms with Gasteiger partial charge in [0.1, 0.15) is 18.7 Å². The van der Waals surface area contributed by atoms with Crippen molar-refractivity contribution in [3.8, 4) is 0 Å². The minimum Gasteiger partial charge on any atom is -0.467 e. The first kappa shape index (κ1) is 33.4. The highest BCUT2D eigenvalue weighted by Crippen LogP contribution is 2.04. The molecule has 0 aromatic heterocycles. The van der Waals surface area contributed by atoms with Gasteiger partial charge in [0, 0.05) is 20.2 Å². The van der Waals surface area contributed by atoms with E-state index in [0.717, 1.165) is 0 Å². The van der Waals surface area contributed by atoms with Crippen molar-refractivity contribution < 1.29 is 52.5 Å². The van der Waals surface area contributed by atoms with E-state index in [2.05, 4.69) is 35.5 Å². The van der Waals surface area contributed by atoms with Gasteiger partial charge in [0.05, 0.1) is 21.3 Å². The largest absolute Gasteiger partial charge is 0.467 e. The van der Waals surface area contributed by atoms with Crippen LogP contribution in [0.5, 0.6) is 0 Å². The van der Waals surface area contributed by atoms with Gasteiger partial charge >= 0.3 is 24.1 Å². The number of rotatable bonds is 18. The summed E-state index contributed by atoms with van der Waals surface area (Å²) in [5, 5.41) is 9.92. The Hall–Kier alpha value is -3.62. The summed E-state index contributed by atoms with van der Waals surface area (Å²) in [5.41, 5.74) is 0. The second-order valence-electron chi connectivity index (χ2n) is 7.63. The number of esters is 2. The second kappa shape index (κ2) is 20.6. The summed E-state index contributed by atoms with van der Waals surface area (Å²) in [6.07, 6.45) is 0.912. The van der Waals surface area contributed by atoms with Crippen LogP contribution in [-0.4, -0.2) is 103 Å². The lowest BCUT2D eigenvalue weighted by atomic mass is 10.1. The zero-order chi connectivity index (χ0) is 28.1. The Kier molecular flexibility index (Phi) is 18.5. The summed E-state index contributed by atoms with van der Waals surface area (Å²) in [6.45, 7) is -0.0740. The molecule has 0 saturated carbocycles. The summed E-state index contributed by atoms with van der Waals surface area (Å²) in [5.74, 6) is -2.21. The molecule has 0 spiro atoms. The predicted octanol–water partition coefficient (Wildman–Crippen LogP) is -0.629. The first-order chi connectivity index (χ1) is 17.7. The first-order valence-electron chi connectivity index (χ1n) is 11.6. The molecule has 0 heterocycles. The molecule has 2 unspecified atom stereocenters. The third kappa shape index (κ3) is 16.6. The predicted molar refractivity (Wildman–Crippen MR) is 127 cm³/mol. The zero-order valence-electron chi connectivity index (χ0n) is 21.7. The van der Waals surface area contributed by atoms with E-state index in [1.807, 2.05) is 0 Å². The topological polar surface area (TPSA) is 197 Å². The van der Waals surface area contributed by atoms with Crippen LogP contribution in [0, 0.1) is 0 Å². The fraction of sp³-hybridized carbons (Fsp3) is 0.727. The molecule has 0 fully saturated rings. The number of amides is 4. The number of alkyl carbamates (subject to hydrolysis) is 2. The van der Waals surface area contributed by atoms with Crippen molar-refractivity contribution >= 4 is 35.9 Å². The smallest absolute Gasteiger partial charge is 0.407 e. The number of methoxy groups -OCH3 is 4. The van der Waals surface area contributed by atoms with Crippen LogP contribution in [0.3, 0.4) is 0 Å². The number of carbonyl (C=O) groups is 6. The number of ether oxygens (including phenoxy) is 5. The average Bonchev–Trinajstić information content (AvgIpc) is 2.89. The van der Waals surface area contributed by atoms with E-state index in [4.69, 9.17) is 9.47 Å². The molecular weight excluding hydrogens is 496 g/mol. The van der Waals surface area contributed by atoms with Crippen molar-refractivity contribution in [3.63, 3.8) is 0 Å². The van der Waals surface area contributed by atoms with E-state index in [-0.39, 0.29) is 31.9 Å². The van der Waals surface area contributed by atoms with Crippen LogP contribution in [0.4, 0.5) is 9.59 Å². The van der Waals surface area contributed by atoms with Gasteiger partial charge in [0.2, 0.25) is 5.91 Å². The van der Waals surface area contributed by atoms with Crippen molar-refractivity contribution in [1.82, 2.24) is 21.3 Å². The monoisotopic (exact) mass is 534 g/mol. The molecule has 15 nitrogen and oxygen atoms in total. The van der Waals surface area contributed by atoms with E-state index in [0.29, 0.717) is 32.2 Å². The maximum absolute atomic E-state index is 12.1. The quantitative estimate of drug-likeness (QED) is 0.0992. The third-order valence-electron chi connectivity index (χ3n) is 4.82. The minimum atomic E-state index is -0.930. The molecule has 37 heavy (non-hydrogen) atoms. The van der Waals surface area contributed by atoms with Crippen LogP contribution in [0.25, 0.3) is 0 Å². The Morgan fingerprint density at radius 1 is 0.595 bits per heavy atom. The Morgan fingerprint density at radius 3 is 1.65 bits per heavy atom. The van der Waals surface area contributed by atoms with Crippen molar-refractivity contribution in [1.29, 1.82) is 0 Å². The molecule has 0 radical (unpaired) electrons. The Bertz CT molecular complexity index is 748. The molecule has 4 N–H and O–H groups in total. The lowest BCUT2D eigenvalue weighted by Gasteiger charge is -2.17. The molecule has 0 aliphatic carbocycles. The molecule has 0 rings (SSSR count). The van der Waals surface area contributed by atoms with Crippen LogP contribution >= 0.6 is 0 Å². The highest BCUT2D eigenvalue weighted by atomic mass is 16.6. The molecule has 4 amide bonds. The van der Waals surface area contributed by atoms with Gasteiger partial charge in [-0.05, 0) is 38.5 Å². The fourth-order valence-corrected chi connectivity index (χ4v) is 2.95. The van der Waals surface area contributed by atoms with Crippen LogP contribution in [0.15, 0.2) is 0 Å². The Morgan fingerprint density at radius 2 is 1.14 bits per heavy atom. The summed E-state index contributed by atoms with van der Waals surface area (Å²) in [6, 6.07) is -1.81. The standard InChI is InChI=1S/C22H38N4O11/c1-33-13-17(27)23-11-7-5-9-15(19(29)34-2)25-18(28)14-37-21(31)24-12-8-6-10-16(20(30)35-3)26-22(32)36-4/h15-16H,5-14H2,1-4H3,(H,23,27)(H,24,31)(H,25,28)(H,26,32). The number of hydrogen-bond acceptors (Lipinski definition) is 11. The van der Waals surface area contributed by atoms with Gasteiger partial charge in [-0.1, -0.05) is 0 Å². The third-order valence-corrected chi connectivity index (χ3v) is 4.82. The van der Waals surface area contributed by atoms with E-state index in [9.17, 15) is 28.8 Å². The van der Waals surface area contributed by atoms with Crippen molar-refractivity contribution in [2.24, 2.45) is 0 Å². The highest BCUT2D eigenvalue weighted by Gasteiger charge is 2.22. The van der Waals surface area contributed by atoms with Gasteiger partial charge in [0.15, 0.2) is 6.61 Å². The van der Waals surface area contributed by atoms with Gasteiger partial charge in [-0.2, -0.15) is 0 Å². The lowest BCUT2D eigenvalue weighted by molar-refractivity contribution is -0.145. The SMILES string of the molecule is COCC(=O)NCCCCC(NC(=O)COC(=O)NCCCCC(NC(=O)OC)C(=O)OC)C(=O)OC. The molecule has 2 atom stereocenters. The van der Waals surface area contributed by atoms with Crippen molar-refractivity contribution in [2.45, 2.75) is 50.6 Å². The summed E-state index contributed by atoms with van der Waals surface area (Å²) < 4.78 is 23.3. The van der Waals surface area contributed by atoms with E-state index >= 15 is 0 Å². The molecule has 0 bridgehead atoms. The fourth-order valence-electron chi connectivity index (χ4n) is 2.95. The van der Waals surface area contributed by atoms with Crippen molar-refractivity contribution in [2.75, 3.05) is 54.7 Å². The summed E-state index contributed by atoms with van der Waals surface area (Å²) in [7, 11) is 4.97. The summed E-state index contributed by atoms with van der Waals surface area (Å²) >= 11 is 0. The molecule has 0 saturated heterocycles. The van der Waals surface area contributed by atoms with Gasteiger partial charge in [-0.3, -0.25) is 9.59 Å². The Labute approximate surface area is 215 Å². The molecule has 15 heteroatoms. The number of carbonyl (C=O) groups excluding carboxylic acids is 6. The first-order valence-corrected chi connectivity index (χ1v) is 11.6. The van der Waals surface area contributed by atoms with E-state index in [1.165, 1.54) is 28.4 Å². The van der Waals surface area contributed by atoms with Gasteiger partial charge < -0.3 is 45.0 Å². The number of hydrogen-bond donors (Lipinski definition) is 4. The summed E-state index contributed by atoms with van der Waals surface area (Å²) in [4.78, 5) is 70.2. The normalized spacial score (nSPS) is 11.8. The highest BCUT2D eigenvalue weighted by molar-refractivity contribution is 5.86. The van der Waals surface area contributed by atoms with E-state index in [1.54, 1.807) is 0 Å². The molecule has 0 aromatic rings. The van der Waals surface area contributed by atoms with Crippen LogP contribution in [0.2, 0.25) is 0 Å². The Balaban J connectivity index is 4.25.